The molecular formula is C23H23N5O2. The van der Waals surface area contributed by atoms with Crippen LogP contribution >= 0.6 is 0 Å². The molecule has 0 radical (unpaired) electrons. The third kappa shape index (κ3) is 3.30. The van der Waals surface area contributed by atoms with Gasteiger partial charge in [-0.1, -0.05) is 24.0 Å². The van der Waals surface area contributed by atoms with E-state index in [2.05, 4.69) is 21.9 Å². The molecule has 7 heteroatoms. The van der Waals surface area contributed by atoms with Crippen LogP contribution in [0.2, 0.25) is 0 Å². The molecule has 0 spiro atoms. The molecule has 3 heterocycles. The molecule has 4 rings (SSSR count). The van der Waals surface area contributed by atoms with Gasteiger partial charge in [0.1, 0.15) is 11.1 Å². The molecule has 0 unspecified atom stereocenters. The topological polar surface area (TPSA) is 94.1 Å². The fourth-order valence-corrected chi connectivity index (χ4v) is 3.76. The molecule has 2 aromatic heterocycles. The standard InChI is InChI=1S/C23H23N5O2/c1-4-28-19-13-18(21(24)29)26-20(17(19)14-25-28)16-7-5-6-15(12-16)8-9-23(2)10-11-27(3)22(23)30/h5-7,12-14H,4,10-11H2,1-3H3,(H2,24,29)/t23-/m1/s1. The Bertz CT molecular complexity index is 1230. The summed E-state index contributed by atoms with van der Waals surface area (Å²) in [5.74, 6) is 5.78. The van der Waals surface area contributed by atoms with Gasteiger partial charge >= 0.3 is 0 Å². The lowest BCUT2D eigenvalue weighted by Crippen LogP contribution is -2.28. The quantitative estimate of drug-likeness (QED) is 0.682. The first kappa shape index (κ1) is 19.6. The van der Waals surface area contributed by atoms with Crippen LogP contribution < -0.4 is 5.73 Å². The van der Waals surface area contributed by atoms with E-state index in [4.69, 9.17) is 5.73 Å². The van der Waals surface area contributed by atoms with Gasteiger partial charge in [0, 0.05) is 36.7 Å². The first-order valence-electron chi connectivity index (χ1n) is 9.88. The van der Waals surface area contributed by atoms with Gasteiger partial charge in [0.25, 0.3) is 5.91 Å². The summed E-state index contributed by atoms with van der Waals surface area (Å²) >= 11 is 0. The van der Waals surface area contributed by atoms with Crippen molar-refractivity contribution in [3.05, 3.63) is 47.8 Å². The zero-order valence-electron chi connectivity index (χ0n) is 17.3. The van der Waals surface area contributed by atoms with Gasteiger partial charge in [0.05, 0.1) is 17.4 Å². The summed E-state index contributed by atoms with van der Waals surface area (Å²) in [5, 5.41) is 5.23. The van der Waals surface area contributed by atoms with E-state index in [9.17, 15) is 9.59 Å². The smallest absolute Gasteiger partial charge is 0.267 e. The largest absolute Gasteiger partial charge is 0.364 e. The lowest BCUT2D eigenvalue weighted by atomic mass is 9.89. The number of carbonyl (C=O) groups is 2. The van der Waals surface area contributed by atoms with E-state index < -0.39 is 11.3 Å². The second-order valence-corrected chi connectivity index (χ2v) is 7.75. The van der Waals surface area contributed by atoms with Crippen LogP contribution in [0.1, 0.15) is 36.3 Å². The zero-order valence-corrected chi connectivity index (χ0v) is 17.3. The molecule has 1 aliphatic rings. The highest BCUT2D eigenvalue weighted by Crippen LogP contribution is 2.31. The lowest BCUT2D eigenvalue weighted by molar-refractivity contribution is -0.131. The van der Waals surface area contributed by atoms with E-state index in [0.29, 0.717) is 25.2 Å². The van der Waals surface area contributed by atoms with Crippen LogP contribution in [0.5, 0.6) is 0 Å². The van der Waals surface area contributed by atoms with Crippen LogP contribution in [0, 0.1) is 17.3 Å². The minimum atomic E-state index is -0.662. The first-order valence-corrected chi connectivity index (χ1v) is 9.88. The Morgan fingerprint density at radius 1 is 1.33 bits per heavy atom. The van der Waals surface area contributed by atoms with Crippen LogP contribution in [0.3, 0.4) is 0 Å². The lowest BCUT2D eigenvalue weighted by Gasteiger charge is -2.14. The van der Waals surface area contributed by atoms with Gasteiger partial charge < -0.3 is 10.6 Å². The molecule has 0 bridgehead atoms. The van der Waals surface area contributed by atoms with Gasteiger partial charge in [-0.3, -0.25) is 14.3 Å². The average molecular weight is 401 g/mol. The number of benzene rings is 1. The molecule has 2 amide bonds. The van der Waals surface area contributed by atoms with Gasteiger partial charge in [-0.2, -0.15) is 5.10 Å². The molecule has 1 atom stereocenters. The molecule has 30 heavy (non-hydrogen) atoms. The Kier molecular flexibility index (Phi) is 4.78. The summed E-state index contributed by atoms with van der Waals surface area (Å²) in [6.07, 6.45) is 2.46. The van der Waals surface area contributed by atoms with Crippen molar-refractivity contribution in [3.8, 4) is 23.1 Å². The highest BCUT2D eigenvalue weighted by atomic mass is 16.2. The molecule has 3 aromatic rings. The van der Waals surface area contributed by atoms with Crippen molar-refractivity contribution in [1.82, 2.24) is 19.7 Å². The van der Waals surface area contributed by atoms with Crippen molar-refractivity contribution in [1.29, 1.82) is 0 Å². The monoisotopic (exact) mass is 401 g/mol. The molecule has 1 aliphatic heterocycles. The molecule has 1 saturated heterocycles. The number of likely N-dealkylation sites (tertiary alicyclic amines) is 1. The third-order valence-electron chi connectivity index (χ3n) is 5.58. The number of amides is 2. The molecule has 0 saturated carbocycles. The van der Waals surface area contributed by atoms with E-state index in [1.807, 2.05) is 38.1 Å². The van der Waals surface area contributed by atoms with Crippen molar-refractivity contribution < 1.29 is 9.59 Å². The summed E-state index contributed by atoms with van der Waals surface area (Å²) in [6, 6.07) is 9.28. The summed E-state index contributed by atoms with van der Waals surface area (Å²) in [7, 11) is 1.80. The second kappa shape index (κ2) is 7.30. The van der Waals surface area contributed by atoms with E-state index in [-0.39, 0.29) is 11.6 Å². The van der Waals surface area contributed by atoms with Gasteiger partial charge in [-0.05, 0) is 38.5 Å². The van der Waals surface area contributed by atoms with Gasteiger partial charge in [-0.25, -0.2) is 4.98 Å². The van der Waals surface area contributed by atoms with E-state index in [1.165, 1.54) is 0 Å². The van der Waals surface area contributed by atoms with E-state index >= 15 is 0 Å². The van der Waals surface area contributed by atoms with Crippen molar-refractivity contribution >= 4 is 22.7 Å². The van der Waals surface area contributed by atoms with Crippen molar-refractivity contribution in [2.75, 3.05) is 13.6 Å². The number of pyridine rings is 1. The van der Waals surface area contributed by atoms with Crippen LogP contribution in [0.25, 0.3) is 22.2 Å². The number of fused-ring (bicyclic) bond motifs is 1. The highest BCUT2D eigenvalue weighted by molar-refractivity contribution is 5.99. The van der Waals surface area contributed by atoms with Crippen LogP contribution in [0.4, 0.5) is 0 Å². The number of hydrogen-bond acceptors (Lipinski definition) is 4. The Hall–Kier alpha value is -3.66. The Morgan fingerprint density at radius 2 is 2.13 bits per heavy atom. The molecular weight excluding hydrogens is 378 g/mol. The second-order valence-electron chi connectivity index (χ2n) is 7.75. The summed E-state index contributed by atoms with van der Waals surface area (Å²) in [4.78, 5) is 30.4. The number of nitrogens with two attached hydrogens (primary N) is 1. The predicted molar refractivity (Wildman–Crippen MR) is 114 cm³/mol. The fourth-order valence-electron chi connectivity index (χ4n) is 3.76. The number of aryl methyl sites for hydroxylation is 1. The van der Waals surface area contributed by atoms with E-state index in [0.717, 1.165) is 22.0 Å². The molecule has 7 nitrogen and oxygen atoms in total. The Balaban J connectivity index is 1.79. The summed E-state index contributed by atoms with van der Waals surface area (Å²) in [6.45, 7) is 5.25. The first-order chi connectivity index (χ1) is 14.3. The van der Waals surface area contributed by atoms with Crippen LogP contribution in [-0.4, -0.2) is 45.1 Å². The number of hydrogen-bond donors (Lipinski definition) is 1. The molecule has 152 valence electrons. The molecule has 0 aliphatic carbocycles. The Morgan fingerprint density at radius 3 is 2.80 bits per heavy atom. The minimum absolute atomic E-state index is 0.0515. The molecule has 1 fully saturated rings. The maximum Gasteiger partial charge on any atom is 0.267 e. The van der Waals surface area contributed by atoms with Crippen molar-refractivity contribution in [2.24, 2.45) is 11.1 Å². The Labute approximate surface area is 174 Å². The van der Waals surface area contributed by atoms with E-state index in [1.54, 1.807) is 28.9 Å². The van der Waals surface area contributed by atoms with Crippen molar-refractivity contribution in [3.63, 3.8) is 0 Å². The summed E-state index contributed by atoms with van der Waals surface area (Å²) in [5.41, 5.74) is 8.06. The van der Waals surface area contributed by atoms with Gasteiger partial charge in [-0.15, -0.1) is 0 Å². The highest BCUT2D eigenvalue weighted by Gasteiger charge is 2.39. The number of carbonyl (C=O) groups excluding carboxylic acids is 2. The maximum atomic E-state index is 12.4. The van der Waals surface area contributed by atoms with Crippen LogP contribution in [-0.2, 0) is 11.3 Å². The minimum Gasteiger partial charge on any atom is -0.364 e. The number of rotatable bonds is 3. The molecule has 1 aromatic carbocycles. The zero-order chi connectivity index (χ0) is 21.5. The van der Waals surface area contributed by atoms with Crippen LogP contribution in [0.15, 0.2) is 36.5 Å². The number of primary amides is 1. The van der Waals surface area contributed by atoms with Gasteiger partial charge in [0.2, 0.25) is 5.91 Å². The fraction of sp³-hybridized carbons (Fsp3) is 0.304. The molecule has 2 N–H and O–H groups in total. The predicted octanol–water partition coefficient (Wildman–Crippen LogP) is 2.44. The van der Waals surface area contributed by atoms with Gasteiger partial charge in [0.15, 0.2) is 0 Å². The van der Waals surface area contributed by atoms with Crippen molar-refractivity contribution in [2.45, 2.75) is 26.8 Å². The third-order valence-corrected chi connectivity index (χ3v) is 5.58. The number of aromatic nitrogens is 3. The number of nitrogens with zero attached hydrogens (tertiary/aromatic N) is 4. The maximum absolute atomic E-state index is 12.4. The summed E-state index contributed by atoms with van der Waals surface area (Å²) < 4.78 is 1.81. The average Bonchev–Trinajstić information content (AvgIpc) is 3.28. The normalized spacial score (nSPS) is 18.5. The SMILES string of the molecule is CCn1ncc2c(-c3cccc(C#C[C@]4(C)CCN(C)C4=O)c3)nc(C(N)=O)cc21.